The molecule has 0 aromatic heterocycles. The summed E-state index contributed by atoms with van der Waals surface area (Å²) in [4.78, 5) is 11.8. The van der Waals surface area contributed by atoms with E-state index in [1.807, 2.05) is 48.5 Å². The summed E-state index contributed by atoms with van der Waals surface area (Å²) in [6.45, 7) is 0.466. The van der Waals surface area contributed by atoms with Crippen LogP contribution in [0.4, 0.5) is 0 Å². The number of fused-ring (bicyclic) bond motifs is 2. The maximum absolute atomic E-state index is 11.8. The number of para-hydroxylation sites is 1. The van der Waals surface area contributed by atoms with E-state index in [1.165, 1.54) is 0 Å². The highest BCUT2D eigenvalue weighted by atomic mass is 35.5. The average Bonchev–Trinajstić information content (AvgIpc) is 2.55. The van der Waals surface area contributed by atoms with Crippen molar-refractivity contribution in [3.63, 3.8) is 0 Å². The van der Waals surface area contributed by atoms with Gasteiger partial charge in [0, 0.05) is 5.56 Å². The van der Waals surface area contributed by atoms with Crippen LogP contribution in [0.15, 0.2) is 48.5 Å². The molecule has 0 saturated carbocycles. The lowest BCUT2D eigenvalue weighted by atomic mass is 9.89. The van der Waals surface area contributed by atoms with Crippen LogP contribution in [0, 0.1) is 0 Å². The Morgan fingerprint density at radius 2 is 1.72 bits per heavy atom. The number of rotatable bonds is 1. The maximum atomic E-state index is 11.8. The summed E-state index contributed by atoms with van der Waals surface area (Å²) in [5, 5.41) is -0.375. The molecule has 1 atom stereocenters. The number of benzene rings is 2. The third kappa shape index (κ3) is 1.79. The van der Waals surface area contributed by atoms with Gasteiger partial charge in [-0.2, -0.15) is 0 Å². The van der Waals surface area contributed by atoms with Gasteiger partial charge in [0.05, 0.1) is 5.92 Å². The summed E-state index contributed by atoms with van der Waals surface area (Å²) in [6, 6.07) is 15.3. The van der Waals surface area contributed by atoms with Gasteiger partial charge >= 0.3 is 0 Å². The fourth-order valence-corrected chi connectivity index (χ4v) is 2.60. The highest BCUT2D eigenvalue weighted by Gasteiger charge is 2.28. The van der Waals surface area contributed by atoms with E-state index in [4.69, 9.17) is 16.3 Å². The fraction of sp³-hybridized carbons (Fsp3) is 0.133. The Hall–Kier alpha value is -1.80. The zero-order valence-electron chi connectivity index (χ0n) is 9.60. The van der Waals surface area contributed by atoms with Gasteiger partial charge in [0.25, 0.3) is 0 Å². The second kappa shape index (κ2) is 4.46. The average molecular weight is 259 g/mol. The van der Waals surface area contributed by atoms with Gasteiger partial charge in [0.15, 0.2) is 0 Å². The number of halogens is 1. The zero-order chi connectivity index (χ0) is 12.5. The molecular weight excluding hydrogens is 248 g/mol. The van der Waals surface area contributed by atoms with Crippen molar-refractivity contribution in [1.82, 2.24) is 0 Å². The molecule has 1 heterocycles. The number of carbonyl (C=O) groups is 1. The largest absolute Gasteiger partial charge is 0.489 e. The van der Waals surface area contributed by atoms with Crippen molar-refractivity contribution in [3.8, 4) is 5.75 Å². The Labute approximate surface area is 110 Å². The molecule has 3 heteroatoms. The zero-order valence-corrected chi connectivity index (χ0v) is 10.4. The van der Waals surface area contributed by atoms with E-state index >= 15 is 0 Å². The third-order valence-electron chi connectivity index (χ3n) is 3.21. The number of hydrogen-bond acceptors (Lipinski definition) is 2. The number of hydrogen-bond donors (Lipinski definition) is 0. The molecular formula is C15H11ClO2. The Bertz CT molecular complexity index is 559. The van der Waals surface area contributed by atoms with E-state index in [9.17, 15) is 4.79 Å². The summed E-state index contributed by atoms with van der Waals surface area (Å²) in [5.74, 6) is 0.286. The predicted molar refractivity (Wildman–Crippen MR) is 69.9 cm³/mol. The lowest BCUT2D eigenvalue weighted by Crippen LogP contribution is -2.09. The molecule has 0 amide bonds. The Kier molecular flexibility index (Phi) is 2.80. The molecule has 1 unspecified atom stereocenters. The van der Waals surface area contributed by atoms with Crippen molar-refractivity contribution in [2.24, 2.45) is 0 Å². The summed E-state index contributed by atoms with van der Waals surface area (Å²) in [6.07, 6.45) is 0. The van der Waals surface area contributed by atoms with Gasteiger partial charge in [0.1, 0.15) is 12.4 Å². The molecule has 2 aromatic carbocycles. The second-order valence-electron chi connectivity index (χ2n) is 4.26. The lowest BCUT2D eigenvalue weighted by molar-refractivity contribution is -0.112. The smallest absolute Gasteiger partial charge is 0.233 e. The van der Waals surface area contributed by atoms with E-state index < -0.39 is 5.92 Å². The number of carbonyl (C=O) groups excluding carboxylic acids is 1. The first kappa shape index (κ1) is 11.3. The van der Waals surface area contributed by atoms with Gasteiger partial charge < -0.3 is 4.74 Å². The minimum Gasteiger partial charge on any atom is -0.489 e. The van der Waals surface area contributed by atoms with Crippen molar-refractivity contribution in [2.45, 2.75) is 12.5 Å². The minimum atomic E-state index is -0.443. The molecule has 1 aliphatic rings. The standard InChI is InChI=1S/C15H11ClO2/c16-15(17)14-11-6-2-1-5-10(11)9-18-13-8-4-3-7-12(13)14/h1-8,14H,9H2. The van der Waals surface area contributed by atoms with E-state index in [0.29, 0.717) is 6.61 Å². The van der Waals surface area contributed by atoms with Crippen molar-refractivity contribution in [3.05, 3.63) is 65.2 Å². The highest BCUT2D eigenvalue weighted by molar-refractivity contribution is 6.65. The van der Waals surface area contributed by atoms with Crippen LogP contribution < -0.4 is 4.74 Å². The van der Waals surface area contributed by atoms with Crippen molar-refractivity contribution in [1.29, 1.82) is 0 Å². The molecule has 0 bridgehead atoms. The minimum absolute atomic E-state index is 0.375. The Balaban J connectivity index is 2.24. The molecule has 18 heavy (non-hydrogen) atoms. The molecule has 0 spiro atoms. The Morgan fingerprint density at radius 3 is 2.50 bits per heavy atom. The molecule has 2 aromatic rings. The SMILES string of the molecule is O=C(Cl)C1c2ccccc2COc2ccccc21. The monoisotopic (exact) mass is 258 g/mol. The fourth-order valence-electron chi connectivity index (χ4n) is 2.37. The van der Waals surface area contributed by atoms with E-state index in [1.54, 1.807) is 0 Å². The summed E-state index contributed by atoms with van der Waals surface area (Å²) in [7, 11) is 0. The first-order valence-electron chi connectivity index (χ1n) is 5.76. The van der Waals surface area contributed by atoms with Gasteiger partial charge in [-0.1, -0.05) is 42.5 Å². The molecule has 0 N–H and O–H groups in total. The predicted octanol–water partition coefficient (Wildman–Crippen LogP) is 3.48. The molecule has 0 aliphatic carbocycles. The van der Waals surface area contributed by atoms with Gasteiger partial charge in [-0.25, -0.2) is 0 Å². The van der Waals surface area contributed by atoms with Gasteiger partial charge in [-0.05, 0) is 28.8 Å². The van der Waals surface area contributed by atoms with Crippen LogP contribution in [0.1, 0.15) is 22.6 Å². The van der Waals surface area contributed by atoms with Crippen LogP contribution in [-0.2, 0) is 11.4 Å². The van der Waals surface area contributed by atoms with E-state index in [0.717, 1.165) is 22.4 Å². The van der Waals surface area contributed by atoms with Crippen LogP contribution in [0.5, 0.6) is 5.75 Å². The molecule has 0 saturated heterocycles. The summed E-state index contributed by atoms with van der Waals surface area (Å²) in [5.41, 5.74) is 2.78. The van der Waals surface area contributed by atoms with Crippen LogP contribution >= 0.6 is 11.6 Å². The summed E-state index contributed by atoms with van der Waals surface area (Å²) >= 11 is 5.79. The van der Waals surface area contributed by atoms with Gasteiger partial charge in [0.2, 0.25) is 5.24 Å². The van der Waals surface area contributed by atoms with Crippen LogP contribution in [0.25, 0.3) is 0 Å². The van der Waals surface area contributed by atoms with Gasteiger partial charge in [-0.15, -0.1) is 0 Å². The molecule has 1 aliphatic heterocycles. The van der Waals surface area contributed by atoms with E-state index in [2.05, 4.69) is 0 Å². The first-order chi connectivity index (χ1) is 8.77. The maximum Gasteiger partial charge on any atom is 0.233 e. The van der Waals surface area contributed by atoms with Crippen molar-refractivity contribution in [2.75, 3.05) is 0 Å². The highest BCUT2D eigenvalue weighted by Crippen LogP contribution is 2.38. The number of ether oxygens (including phenoxy) is 1. The Morgan fingerprint density at radius 1 is 1.06 bits per heavy atom. The molecule has 3 rings (SSSR count). The van der Waals surface area contributed by atoms with Crippen molar-refractivity contribution < 1.29 is 9.53 Å². The van der Waals surface area contributed by atoms with E-state index in [-0.39, 0.29) is 5.24 Å². The quantitative estimate of drug-likeness (QED) is 0.732. The van der Waals surface area contributed by atoms with Crippen molar-refractivity contribution >= 4 is 16.8 Å². The molecule has 2 nitrogen and oxygen atoms in total. The van der Waals surface area contributed by atoms with Gasteiger partial charge in [-0.3, -0.25) is 4.79 Å². The molecule has 0 fully saturated rings. The lowest BCUT2D eigenvalue weighted by Gasteiger charge is -2.14. The van der Waals surface area contributed by atoms with Crippen LogP contribution in [0.3, 0.4) is 0 Å². The van der Waals surface area contributed by atoms with Crippen LogP contribution in [0.2, 0.25) is 0 Å². The topological polar surface area (TPSA) is 26.3 Å². The third-order valence-corrected chi connectivity index (χ3v) is 3.42. The molecule has 0 radical (unpaired) electrons. The first-order valence-corrected chi connectivity index (χ1v) is 6.14. The second-order valence-corrected chi connectivity index (χ2v) is 4.63. The normalized spacial score (nSPS) is 17.1. The summed E-state index contributed by atoms with van der Waals surface area (Å²) < 4.78 is 5.74. The van der Waals surface area contributed by atoms with Crippen LogP contribution in [-0.4, -0.2) is 5.24 Å². The molecule has 90 valence electrons.